The van der Waals surface area contributed by atoms with Crippen LogP contribution >= 0.6 is 11.6 Å². The summed E-state index contributed by atoms with van der Waals surface area (Å²) in [5.74, 6) is 1.45. The summed E-state index contributed by atoms with van der Waals surface area (Å²) in [7, 11) is 4.58. The third-order valence-corrected chi connectivity index (χ3v) is 3.36. The van der Waals surface area contributed by atoms with Gasteiger partial charge in [-0.2, -0.15) is 0 Å². The maximum atomic E-state index is 10.3. The maximum Gasteiger partial charge on any atom is 0.168 e. The predicted molar refractivity (Wildman–Crippen MR) is 64.2 cm³/mol. The van der Waals surface area contributed by atoms with Crippen molar-refractivity contribution in [3.63, 3.8) is 0 Å². The average molecular weight is 259 g/mol. The fraction of sp³-hybridized carbons (Fsp3) is 0.500. The molecule has 17 heavy (non-hydrogen) atoms. The number of rotatable bonds is 4. The van der Waals surface area contributed by atoms with Crippen molar-refractivity contribution in [1.82, 2.24) is 0 Å². The molecule has 1 aromatic carbocycles. The minimum atomic E-state index is -0.912. The van der Waals surface area contributed by atoms with Crippen LogP contribution < -0.4 is 14.2 Å². The number of hydrogen-bond acceptors (Lipinski definition) is 4. The molecule has 1 saturated carbocycles. The molecular weight excluding hydrogens is 244 g/mol. The van der Waals surface area contributed by atoms with Crippen molar-refractivity contribution in [2.24, 2.45) is 0 Å². The molecule has 0 saturated heterocycles. The van der Waals surface area contributed by atoms with E-state index in [-0.39, 0.29) is 0 Å². The van der Waals surface area contributed by atoms with Crippen LogP contribution in [0.5, 0.6) is 17.2 Å². The van der Waals surface area contributed by atoms with E-state index >= 15 is 0 Å². The summed E-state index contributed by atoms with van der Waals surface area (Å²) in [5.41, 5.74) is -0.359. The number of hydrogen-bond donors (Lipinski definition) is 1. The van der Waals surface area contributed by atoms with Crippen molar-refractivity contribution in [2.75, 3.05) is 21.3 Å². The molecule has 1 aromatic rings. The first-order chi connectivity index (χ1) is 8.07. The zero-order valence-corrected chi connectivity index (χ0v) is 10.8. The largest absolute Gasteiger partial charge is 0.495 e. The molecule has 0 bridgehead atoms. The average Bonchev–Trinajstić information content (AvgIpc) is 3.07. The second-order valence-corrected chi connectivity index (χ2v) is 4.41. The molecule has 1 aliphatic carbocycles. The van der Waals surface area contributed by atoms with Gasteiger partial charge in [0.2, 0.25) is 0 Å². The Kier molecular flexibility index (Phi) is 3.10. The summed E-state index contributed by atoms with van der Waals surface area (Å²) >= 11 is 6.23. The van der Waals surface area contributed by atoms with Crippen molar-refractivity contribution in [2.45, 2.75) is 18.4 Å². The van der Waals surface area contributed by atoms with Gasteiger partial charge in [0.15, 0.2) is 11.5 Å². The molecule has 0 amide bonds. The molecule has 0 spiro atoms. The van der Waals surface area contributed by atoms with Gasteiger partial charge in [-0.25, -0.2) is 0 Å². The molecular formula is C12H15ClO4. The Morgan fingerprint density at radius 3 is 2.12 bits per heavy atom. The molecule has 0 aromatic heterocycles. The van der Waals surface area contributed by atoms with Gasteiger partial charge >= 0.3 is 0 Å². The van der Waals surface area contributed by atoms with Crippen molar-refractivity contribution >= 4 is 11.6 Å². The molecule has 0 heterocycles. The molecule has 1 fully saturated rings. The third kappa shape index (κ3) is 1.91. The number of ether oxygens (including phenoxy) is 3. The van der Waals surface area contributed by atoms with Gasteiger partial charge in [-0.1, -0.05) is 11.6 Å². The lowest BCUT2D eigenvalue weighted by Crippen LogP contribution is -2.09. The number of methoxy groups -OCH3 is 3. The highest BCUT2D eigenvalue weighted by Crippen LogP contribution is 2.56. The standard InChI is InChI=1S/C12H15ClO4/c1-15-7-6-8(16-2)11(17-3)9(10(7)13)12(14)4-5-12/h6,14H,4-5H2,1-3H3. The summed E-state index contributed by atoms with van der Waals surface area (Å²) in [6.07, 6.45) is 1.33. The van der Waals surface area contributed by atoms with E-state index in [1.165, 1.54) is 21.3 Å². The van der Waals surface area contributed by atoms with E-state index in [1.807, 2.05) is 0 Å². The van der Waals surface area contributed by atoms with E-state index in [0.29, 0.717) is 40.7 Å². The molecule has 0 atom stereocenters. The lowest BCUT2D eigenvalue weighted by Gasteiger charge is -2.20. The molecule has 1 aliphatic rings. The van der Waals surface area contributed by atoms with Crippen LogP contribution in [-0.4, -0.2) is 26.4 Å². The molecule has 1 N–H and O–H groups in total. The van der Waals surface area contributed by atoms with Gasteiger partial charge in [-0.05, 0) is 12.8 Å². The van der Waals surface area contributed by atoms with Crippen molar-refractivity contribution < 1.29 is 19.3 Å². The van der Waals surface area contributed by atoms with Gasteiger partial charge in [0.25, 0.3) is 0 Å². The summed E-state index contributed by atoms with van der Waals surface area (Å²) in [6, 6.07) is 1.65. The van der Waals surface area contributed by atoms with E-state index in [9.17, 15) is 5.11 Å². The highest BCUT2D eigenvalue weighted by atomic mass is 35.5. The van der Waals surface area contributed by atoms with Gasteiger partial charge in [0.05, 0.1) is 37.5 Å². The van der Waals surface area contributed by atoms with Crippen LogP contribution in [0.15, 0.2) is 6.07 Å². The summed E-state index contributed by atoms with van der Waals surface area (Å²) in [5, 5.41) is 10.6. The van der Waals surface area contributed by atoms with Crippen LogP contribution in [0.2, 0.25) is 5.02 Å². The molecule has 4 nitrogen and oxygen atoms in total. The van der Waals surface area contributed by atoms with E-state index in [4.69, 9.17) is 25.8 Å². The fourth-order valence-corrected chi connectivity index (χ4v) is 2.27. The predicted octanol–water partition coefficient (Wildman–Crippen LogP) is 2.35. The van der Waals surface area contributed by atoms with Crippen molar-refractivity contribution in [3.05, 3.63) is 16.7 Å². The first-order valence-corrected chi connectivity index (χ1v) is 5.66. The molecule has 94 valence electrons. The molecule has 2 rings (SSSR count). The molecule has 0 aliphatic heterocycles. The SMILES string of the molecule is COc1cc(OC)c(OC)c(C2(O)CC2)c1Cl. The first kappa shape index (κ1) is 12.3. The number of benzene rings is 1. The van der Waals surface area contributed by atoms with Gasteiger partial charge in [-0.15, -0.1) is 0 Å². The van der Waals surface area contributed by atoms with Gasteiger partial charge < -0.3 is 19.3 Å². The van der Waals surface area contributed by atoms with Crippen molar-refractivity contribution in [3.8, 4) is 17.2 Å². The summed E-state index contributed by atoms with van der Waals surface area (Å²) in [4.78, 5) is 0. The van der Waals surface area contributed by atoms with E-state index in [1.54, 1.807) is 6.07 Å². The first-order valence-electron chi connectivity index (χ1n) is 5.28. The minimum absolute atomic E-state index is 0.380. The number of halogens is 1. The Labute approximate surface area is 105 Å². The minimum Gasteiger partial charge on any atom is -0.495 e. The Balaban J connectivity index is 2.67. The highest BCUT2D eigenvalue weighted by Gasteiger charge is 2.47. The van der Waals surface area contributed by atoms with Crippen LogP contribution in [-0.2, 0) is 5.60 Å². The Bertz CT molecular complexity index is 441. The van der Waals surface area contributed by atoms with E-state index in [0.717, 1.165) is 0 Å². The fourth-order valence-electron chi connectivity index (χ4n) is 1.88. The monoisotopic (exact) mass is 258 g/mol. The summed E-state index contributed by atoms with van der Waals surface area (Å²) < 4.78 is 15.7. The zero-order valence-electron chi connectivity index (χ0n) is 10.0. The Morgan fingerprint density at radius 1 is 1.12 bits per heavy atom. The number of aliphatic hydroxyl groups is 1. The zero-order chi connectivity index (χ0) is 12.6. The quantitative estimate of drug-likeness (QED) is 0.901. The second kappa shape index (κ2) is 4.27. The van der Waals surface area contributed by atoms with Crippen molar-refractivity contribution in [1.29, 1.82) is 0 Å². The van der Waals surface area contributed by atoms with Crippen LogP contribution in [0.25, 0.3) is 0 Å². The van der Waals surface area contributed by atoms with E-state index < -0.39 is 5.60 Å². The molecule has 5 heteroatoms. The second-order valence-electron chi connectivity index (χ2n) is 4.03. The summed E-state index contributed by atoms with van der Waals surface area (Å²) in [6.45, 7) is 0. The van der Waals surface area contributed by atoms with Crippen LogP contribution in [0.1, 0.15) is 18.4 Å². The molecule has 0 unspecified atom stereocenters. The molecule has 0 radical (unpaired) electrons. The van der Waals surface area contributed by atoms with Gasteiger partial charge in [-0.3, -0.25) is 0 Å². The lowest BCUT2D eigenvalue weighted by atomic mass is 10.0. The van der Waals surface area contributed by atoms with Gasteiger partial charge in [0, 0.05) is 6.07 Å². The van der Waals surface area contributed by atoms with Crippen LogP contribution in [0.3, 0.4) is 0 Å². The van der Waals surface area contributed by atoms with Gasteiger partial charge in [0.1, 0.15) is 5.75 Å². The lowest BCUT2D eigenvalue weighted by molar-refractivity contribution is 0.146. The normalized spacial score (nSPS) is 16.5. The highest BCUT2D eigenvalue weighted by molar-refractivity contribution is 6.33. The Morgan fingerprint density at radius 2 is 1.71 bits per heavy atom. The topological polar surface area (TPSA) is 47.9 Å². The van der Waals surface area contributed by atoms with Crippen LogP contribution in [0, 0.1) is 0 Å². The van der Waals surface area contributed by atoms with Crippen LogP contribution in [0.4, 0.5) is 0 Å². The third-order valence-electron chi connectivity index (χ3n) is 2.98. The van der Waals surface area contributed by atoms with E-state index in [2.05, 4.69) is 0 Å². The Hall–Kier alpha value is -1.13. The maximum absolute atomic E-state index is 10.3. The smallest absolute Gasteiger partial charge is 0.168 e.